The Labute approximate surface area is 171 Å². The van der Waals surface area contributed by atoms with Crippen molar-refractivity contribution in [3.63, 3.8) is 0 Å². The first-order valence-electron chi connectivity index (χ1n) is 9.00. The van der Waals surface area contributed by atoms with Gasteiger partial charge in [0.05, 0.1) is 26.5 Å². The Morgan fingerprint density at radius 1 is 1.04 bits per heavy atom. The lowest BCUT2D eigenvalue weighted by atomic mass is 10.1. The van der Waals surface area contributed by atoms with Crippen molar-refractivity contribution in [2.75, 3.05) is 26.1 Å². The number of thiocarbonyl (C=S) groups is 1. The third-order valence-electron chi connectivity index (χ3n) is 3.96. The molecule has 0 atom stereocenters. The van der Waals surface area contributed by atoms with Gasteiger partial charge >= 0.3 is 0 Å². The van der Waals surface area contributed by atoms with Crippen LogP contribution in [0.4, 0.5) is 5.69 Å². The second kappa shape index (κ2) is 10.5. The second-order valence-electron chi connectivity index (χ2n) is 6.53. The maximum atomic E-state index is 12.4. The van der Waals surface area contributed by atoms with E-state index < -0.39 is 0 Å². The summed E-state index contributed by atoms with van der Waals surface area (Å²) in [7, 11) is 3.13. The SMILES string of the molecule is COc1ccc(OC)c(NC(=S)NC(=O)c2ccc(OCCC(C)C)cc2)c1. The van der Waals surface area contributed by atoms with Crippen molar-refractivity contribution in [2.45, 2.75) is 20.3 Å². The third-order valence-corrected chi connectivity index (χ3v) is 4.17. The van der Waals surface area contributed by atoms with Gasteiger partial charge in [-0.05, 0) is 61.0 Å². The summed E-state index contributed by atoms with van der Waals surface area (Å²) >= 11 is 5.24. The first-order valence-corrected chi connectivity index (χ1v) is 9.41. The Hall–Kier alpha value is -2.80. The van der Waals surface area contributed by atoms with Crippen molar-refractivity contribution in [1.29, 1.82) is 0 Å². The molecule has 0 bridgehead atoms. The summed E-state index contributed by atoms with van der Waals surface area (Å²) in [6, 6.07) is 12.2. The summed E-state index contributed by atoms with van der Waals surface area (Å²) in [6.45, 7) is 4.95. The lowest BCUT2D eigenvalue weighted by molar-refractivity contribution is 0.0977. The molecule has 0 aliphatic rings. The third kappa shape index (κ3) is 6.42. The summed E-state index contributed by atoms with van der Waals surface area (Å²) in [4.78, 5) is 12.4. The molecule has 2 aromatic carbocycles. The number of hydrogen-bond acceptors (Lipinski definition) is 5. The molecule has 0 saturated carbocycles. The molecule has 0 spiro atoms. The Balaban J connectivity index is 1.94. The molecule has 0 unspecified atom stereocenters. The Bertz CT molecular complexity index is 807. The topological polar surface area (TPSA) is 68.8 Å². The van der Waals surface area contributed by atoms with Crippen molar-refractivity contribution in [3.8, 4) is 17.2 Å². The van der Waals surface area contributed by atoms with Gasteiger partial charge < -0.3 is 19.5 Å². The zero-order chi connectivity index (χ0) is 20.5. The first kappa shape index (κ1) is 21.5. The van der Waals surface area contributed by atoms with E-state index in [0.29, 0.717) is 35.3 Å². The molecule has 0 aliphatic heterocycles. The van der Waals surface area contributed by atoms with Gasteiger partial charge in [-0.25, -0.2) is 0 Å². The van der Waals surface area contributed by atoms with Crippen molar-refractivity contribution in [3.05, 3.63) is 48.0 Å². The van der Waals surface area contributed by atoms with E-state index in [-0.39, 0.29) is 11.0 Å². The van der Waals surface area contributed by atoms with Crippen LogP contribution in [0.1, 0.15) is 30.6 Å². The molecular formula is C21H26N2O4S. The van der Waals surface area contributed by atoms with Gasteiger partial charge in [0.15, 0.2) is 5.11 Å². The van der Waals surface area contributed by atoms with E-state index >= 15 is 0 Å². The van der Waals surface area contributed by atoms with Crippen LogP contribution in [0.25, 0.3) is 0 Å². The molecule has 0 aliphatic carbocycles. The molecule has 6 nitrogen and oxygen atoms in total. The number of nitrogens with one attached hydrogen (secondary N) is 2. The minimum atomic E-state index is -0.312. The standard InChI is InChI=1S/C21H26N2O4S/c1-14(2)11-12-27-16-7-5-15(6-8-16)20(24)23-21(28)22-18-13-17(25-3)9-10-19(18)26-4/h5-10,13-14H,11-12H2,1-4H3,(H2,22,23,24,28). The van der Waals surface area contributed by atoms with Crippen LogP contribution >= 0.6 is 12.2 Å². The fraction of sp³-hybridized carbons (Fsp3) is 0.333. The number of hydrogen-bond donors (Lipinski definition) is 2. The summed E-state index contributed by atoms with van der Waals surface area (Å²) < 4.78 is 16.2. The smallest absolute Gasteiger partial charge is 0.257 e. The van der Waals surface area contributed by atoms with Crippen molar-refractivity contribution >= 4 is 28.9 Å². The molecule has 150 valence electrons. The van der Waals surface area contributed by atoms with Crippen LogP contribution < -0.4 is 24.8 Å². The monoisotopic (exact) mass is 402 g/mol. The van der Waals surface area contributed by atoms with Gasteiger partial charge in [0.25, 0.3) is 5.91 Å². The molecule has 2 rings (SSSR count). The van der Waals surface area contributed by atoms with E-state index in [0.717, 1.165) is 12.2 Å². The van der Waals surface area contributed by atoms with Crippen LogP contribution in [0.5, 0.6) is 17.2 Å². The average molecular weight is 403 g/mol. The molecule has 1 amide bonds. The number of anilines is 1. The molecule has 0 saturated heterocycles. The van der Waals surface area contributed by atoms with Crippen LogP contribution in [0, 0.1) is 5.92 Å². The van der Waals surface area contributed by atoms with Crippen molar-refractivity contribution < 1.29 is 19.0 Å². The number of ether oxygens (including phenoxy) is 3. The van der Waals surface area contributed by atoms with Gasteiger partial charge in [0, 0.05) is 11.6 Å². The van der Waals surface area contributed by atoms with Gasteiger partial charge in [-0.15, -0.1) is 0 Å². The van der Waals surface area contributed by atoms with Gasteiger partial charge in [-0.1, -0.05) is 13.8 Å². The lowest BCUT2D eigenvalue weighted by Crippen LogP contribution is -2.34. The summed E-state index contributed by atoms with van der Waals surface area (Å²) in [5.74, 6) is 2.24. The number of carbonyl (C=O) groups excluding carboxylic acids is 1. The van der Waals surface area contributed by atoms with E-state index in [4.69, 9.17) is 26.4 Å². The quantitative estimate of drug-likeness (QED) is 0.643. The minimum Gasteiger partial charge on any atom is -0.497 e. The highest BCUT2D eigenvalue weighted by molar-refractivity contribution is 7.80. The van der Waals surface area contributed by atoms with Crippen LogP contribution in [0.15, 0.2) is 42.5 Å². The van der Waals surface area contributed by atoms with Gasteiger partial charge in [-0.2, -0.15) is 0 Å². The minimum absolute atomic E-state index is 0.161. The fourth-order valence-corrected chi connectivity index (χ4v) is 2.56. The maximum absolute atomic E-state index is 12.4. The second-order valence-corrected chi connectivity index (χ2v) is 6.94. The predicted octanol–water partition coefficient (Wildman–Crippen LogP) is 4.26. The molecule has 2 aromatic rings. The molecule has 28 heavy (non-hydrogen) atoms. The molecule has 7 heteroatoms. The summed E-state index contributed by atoms with van der Waals surface area (Å²) in [5.41, 5.74) is 1.08. The highest BCUT2D eigenvalue weighted by atomic mass is 32.1. The van der Waals surface area contributed by atoms with Crippen molar-refractivity contribution in [1.82, 2.24) is 5.32 Å². The zero-order valence-corrected chi connectivity index (χ0v) is 17.4. The molecule has 0 fully saturated rings. The van der Waals surface area contributed by atoms with E-state index in [1.165, 1.54) is 0 Å². The molecular weight excluding hydrogens is 376 g/mol. The van der Waals surface area contributed by atoms with Crippen LogP contribution in [-0.2, 0) is 0 Å². The number of methoxy groups -OCH3 is 2. The van der Waals surface area contributed by atoms with E-state index in [2.05, 4.69) is 24.5 Å². The zero-order valence-electron chi connectivity index (χ0n) is 16.6. The first-order chi connectivity index (χ1) is 13.4. The van der Waals surface area contributed by atoms with Crippen LogP contribution in [0.3, 0.4) is 0 Å². The van der Waals surface area contributed by atoms with Gasteiger partial charge in [0.1, 0.15) is 17.2 Å². The highest BCUT2D eigenvalue weighted by Crippen LogP contribution is 2.28. The maximum Gasteiger partial charge on any atom is 0.257 e. The number of amides is 1. The van der Waals surface area contributed by atoms with E-state index in [9.17, 15) is 4.79 Å². The summed E-state index contributed by atoms with van der Waals surface area (Å²) in [6.07, 6.45) is 0.982. The largest absolute Gasteiger partial charge is 0.497 e. The number of rotatable bonds is 8. The van der Waals surface area contributed by atoms with Crippen LogP contribution in [-0.4, -0.2) is 31.8 Å². The number of carbonyl (C=O) groups is 1. The highest BCUT2D eigenvalue weighted by Gasteiger charge is 2.11. The Kier molecular flexibility index (Phi) is 8.07. The number of benzene rings is 2. The van der Waals surface area contributed by atoms with E-state index in [1.54, 1.807) is 56.7 Å². The normalized spacial score (nSPS) is 10.3. The predicted molar refractivity (Wildman–Crippen MR) is 115 cm³/mol. The Morgan fingerprint density at radius 2 is 1.71 bits per heavy atom. The fourth-order valence-electron chi connectivity index (χ4n) is 2.36. The Morgan fingerprint density at radius 3 is 2.32 bits per heavy atom. The molecule has 0 radical (unpaired) electrons. The van der Waals surface area contributed by atoms with E-state index in [1.807, 2.05) is 0 Å². The van der Waals surface area contributed by atoms with Crippen LogP contribution in [0.2, 0.25) is 0 Å². The summed E-state index contributed by atoms with van der Waals surface area (Å²) in [5, 5.41) is 5.77. The average Bonchev–Trinajstić information content (AvgIpc) is 2.68. The van der Waals surface area contributed by atoms with Gasteiger partial charge in [0.2, 0.25) is 0 Å². The van der Waals surface area contributed by atoms with Crippen molar-refractivity contribution in [2.24, 2.45) is 5.92 Å². The lowest BCUT2D eigenvalue weighted by Gasteiger charge is -2.14. The van der Waals surface area contributed by atoms with Gasteiger partial charge in [-0.3, -0.25) is 10.1 Å². The molecule has 0 heterocycles. The molecule has 2 N–H and O–H groups in total. The molecule has 0 aromatic heterocycles.